The minimum Gasteiger partial charge on any atom is -0.462 e. The van der Waals surface area contributed by atoms with Gasteiger partial charge in [-0.25, -0.2) is 4.79 Å². The summed E-state index contributed by atoms with van der Waals surface area (Å²) in [6.45, 7) is 1.80. The fourth-order valence-corrected chi connectivity index (χ4v) is 1.71. The molecule has 0 aliphatic carbocycles. The van der Waals surface area contributed by atoms with E-state index in [4.69, 9.17) is 10.00 Å². The molecule has 20 heavy (non-hydrogen) atoms. The maximum atomic E-state index is 11.4. The van der Waals surface area contributed by atoms with Crippen LogP contribution in [0, 0.1) is 21.4 Å². The molecule has 0 heterocycles. The fourth-order valence-electron chi connectivity index (χ4n) is 1.23. The number of ether oxygens (including phenoxy) is 1. The molecule has 1 N–H and O–H groups in total. The number of benzene rings is 1. The van der Waals surface area contributed by atoms with Gasteiger partial charge in [0.25, 0.3) is 5.69 Å². The van der Waals surface area contributed by atoms with Crippen molar-refractivity contribution in [2.75, 3.05) is 11.9 Å². The van der Waals surface area contributed by atoms with E-state index in [1.165, 1.54) is 24.4 Å². The summed E-state index contributed by atoms with van der Waals surface area (Å²) in [6.07, 6.45) is 1.18. The number of esters is 1. The summed E-state index contributed by atoms with van der Waals surface area (Å²) in [7, 11) is 0. The van der Waals surface area contributed by atoms with Crippen molar-refractivity contribution in [3.8, 4) is 6.07 Å². The SMILES string of the molecule is CCOC(=O)/C(C#N)=C/Nc1ccc([N+](=O)[O-])cc1Br. The van der Waals surface area contributed by atoms with E-state index in [9.17, 15) is 14.9 Å². The van der Waals surface area contributed by atoms with Gasteiger partial charge < -0.3 is 10.1 Å². The van der Waals surface area contributed by atoms with Gasteiger partial charge in [0.15, 0.2) is 5.57 Å². The number of nitro groups is 1. The highest BCUT2D eigenvalue weighted by molar-refractivity contribution is 9.10. The molecule has 104 valence electrons. The Morgan fingerprint density at radius 2 is 2.35 bits per heavy atom. The Bertz CT molecular complexity index is 607. The second-order valence-corrected chi connectivity index (χ2v) is 4.31. The molecule has 0 atom stereocenters. The number of nitriles is 1. The number of nitro benzene ring substituents is 1. The van der Waals surface area contributed by atoms with E-state index < -0.39 is 10.9 Å². The second-order valence-electron chi connectivity index (χ2n) is 3.46. The van der Waals surface area contributed by atoms with Gasteiger partial charge in [-0.1, -0.05) is 0 Å². The number of anilines is 1. The molecule has 0 aliphatic heterocycles. The highest BCUT2D eigenvalue weighted by Crippen LogP contribution is 2.27. The molecule has 1 rings (SSSR count). The van der Waals surface area contributed by atoms with Crippen molar-refractivity contribution in [2.24, 2.45) is 0 Å². The number of carbonyl (C=O) groups is 1. The maximum Gasteiger partial charge on any atom is 0.350 e. The summed E-state index contributed by atoms with van der Waals surface area (Å²) in [6, 6.07) is 5.78. The normalized spacial score (nSPS) is 10.6. The third kappa shape index (κ3) is 4.07. The monoisotopic (exact) mass is 339 g/mol. The molecule has 0 unspecified atom stereocenters. The summed E-state index contributed by atoms with van der Waals surface area (Å²) in [4.78, 5) is 21.4. The Balaban J connectivity index is 2.91. The van der Waals surface area contributed by atoms with Crippen molar-refractivity contribution in [2.45, 2.75) is 6.92 Å². The molecule has 0 fully saturated rings. The van der Waals surface area contributed by atoms with Gasteiger partial charge in [0.2, 0.25) is 0 Å². The topological polar surface area (TPSA) is 105 Å². The summed E-state index contributed by atoms with van der Waals surface area (Å²) in [5.74, 6) is -0.736. The molecule has 0 saturated heterocycles. The van der Waals surface area contributed by atoms with Crippen molar-refractivity contribution >= 4 is 33.3 Å². The first-order chi connectivity index (χ1) is 9.49. The van der Waals surface area contributed by atoms with E-state index in [-0.39, 0.29) is 17.9 Å². The highest BCUT2D eigenvalue weighted by Gasteiger charge is 2.11. The standard InChI is InChI=1S/C12H10BrN3O4/c1-2-20-12(17)8(6-14)7-15-11-4-3-9(16(18)19)5-10(11)13/h3-5,7,15H,2H2,1H3/b8-7+. The van der Waals surface area contributed by atoms with Gasteiger partial charge in [-0.05, 0) is 28.9 Å². The van der Waals surface area contributed by atoms with Crippen LogP contribution in [0.15, 0.2) is 34.4 Å². The van der Waals surface area contributed by atoms with E-state index in [1.54, 1.807) is 13.0 Å². The lowest BCUT2D eigenvalue weighted by molar-refractivity contribution is -0.384. The lowest BCUT2D eigenvalue weighted by atomic mass is 10.2. The summed E-state index contributed by atoms with van der Waals surface area (Å²) >= 11 is 3.16. The smallest absolute Gasteiger partial charge is 0.350 e. The van der Waals surface area contributed by atoms with Crippen LogP contribution < -0.4 is 5.32 Å². The third-order valence-electron chi connectivity index (χ3n) is 2.15. The largest absolute Gasteiger partial charge is 0.462 e. The number of hydrogen-bond donors (Lipinski definition) is 1. The van der Waals surface area contributed by atoms with Crippen molar-refractivity contribution < 1.29 is 14.5 Å². The van der Waals surface area contributed by atoms with Crippen LogP contribution in [0.4, 0.5) is 11.4 Å². The predicted molar refractivity (Wildman–Crippen MR) is 74.7 cm³/mol. The maximum absolute atomic E-state index is 11.4. The van der Waals surface area contributed by atoms with Crippen LogP contribution in [0.2, 0.25) is 0 Å². The molecule has 0 spiro atoms. The van der Waals surface area contributed by atoms with Crippen LogP contribution >= 0.6 is 15.9 Å². The van der Waals surface area contributed by atoms with Crippen molar-refractivity contribution in [3.63, 3.8) is 0 Å². The first kappa shape index (κ1) is 15.7. The lowest BCUT2D eigenvalue weighted by Gasteiger charge is -2.05. The van der Waals surface area contributed by atoms with Crippen LogP contribution in [0.5, 0.6) is 0 Å². The van der Waals surface area contributed by atoms with E-state index >= 15 is 0 Å². The van der Waals surface area contributed by atoms with Gasteiger partial charge in [-0.2, -0.15) is 5.26 Å². The van der Waals surface area contributed by atoms with Gasteiger partial charge in [0.05, 0.1) is 17.2 Å². The molecule has 1 aromatic carbocycles. The van der Waals surface area contributed by atoms with Crippen LogP contribution in [0.1, 0.15) is 6.92 Å². The highest BCUT2D eigenvalue weighted by atomic mass is 79.9. The number of rotatable bonds is 5. The van der Waals surface area contributed by atoms with Gasteiger partial charge in [-0.15, -0.1) is 0 Å². The Morgan fingerprint density at radius 3 is 2.85 bits per heavy atom. The lowest BCUT2D eigenvalue weighted by Crippen LogP contribution is -2.08. The fraction of sp³-hybridized carbons (Fsp3) is 0.167. The second kappa shape index (κ2) is 7.25. The van der Waals surface area contributed by atoms with Gasteiger partial charge in [-0.3, -0.25) is 10.1 Å². The molecular formula is C12H10BrN3O4. The van der Waals surface area contributed by atoms with Crippen LogP contribution in [0.25, 0.3) is 0 Å². The Hall–Kier alpha value is -2.40. The molecule has 8 heteroatoms. The van der Waals surface area contributed by atoms with Crippen molar-refractivity contribution in [1.82, 2.24) is 0 Å². The van der Waals surface area contributed by atoms with E-state index in [0.29, 0.717) is 10.2 Å². The van der Waals surface area contributed by atoms with Crippen molar-refractivity contribution in [1.29, 1.82) is 5.26 Å². The van der Waals surface area contributed by atoms with Crippen molar-refractivity contribution in [3.05, 3.63) is 44.6 Å². The summed E-state index contributed by atoms with van der Waals surface area (Å²) in [5, 5.41) is 22.1. The number of nitrogens with one attached hydrogen (secondary N) is 1. The molecule has 0 aliphatic rings. The zero-order chi connectivity index (χ0) is 15.1. The number of hydrogen-bond acceptors (Lipinski definition) is 6. The number of non-ortho nitro benzene ring substituents is 1. The number of carbonyl (C=O) groups excluding carboxylic acids is 1. The first-order valence-electron chi connectivity index (χ1n) is 5.47. The zero-order valence-corrected chi connectivity index (χ0v) is 12.0. The molecule has 0 radical (unpaired) electrons. The minimum absolute atomic E-state index is 0.0719. The van der Waals surface area contributed by atoms with E-state index in [0.717, 1.165) is 0 Å². The number of nitrogens with zero attached hydrogens (tertiary/aromatic N) is 2. The quantitative estimate of drug-likeness (QED) is 0.290. The van der Waals surface area contributed by atoms with Gasteiger partial charge >= 0.3 is 5.97 Å². The third-order valence-corrected chi connectivity index (χ3v) is 2.81. The molecule has 0 bridgehead atoms. The molecular weight excluding hydrogens is 330 g/mol. The van der Waals surface area contributed by atoms with Crippen LogP contribution in [-0.4, -0.2) is 17.5 Å². The van der Waals surface area contributed by atoms with Crippen LogP contribution in [0.3, 0.4) is 0 Å². The molecule has 7 nitrogen and oxygen atoms in total. The predicted octanol–water partition coefficient (Wildman–Crippen LogP) is 2.74. The average Bonchev–Trinajstić information content (AvgIpc) is 2.41. The minimum atomic E-state index is -0.736. The number of halogens is 1. The first-order valence-corrected chi connectivity index (χ1v) is 6.26. The average molecular weight is 340 g/mol. The molecule has 0 saturated carbocycles. The zero-order valence-electron chi connectivity index (χ0n) is 10.4. The van der Waals surface area contributed by atoms with Crippen LogP contribution in [-0.2, 0) is 9.53 Å². The van der Waals surface area contributed by atoms with E-state index in [2.05, 4.69) is 21.2 Å². The van der Waals surface area contributed by atoms with E-state index in [1.807, 2.05) is 0 Å². The molecule has 1 aromatic rings. The Kier molecular flexibility index (Phi) is 5.68. The summed E-state index contributed by atoms with van der Waals surface area (Å²) < 4.78 is 5.13. The molecule has 0 aromatic heterocycles. The Labute approximate surface area is 123 Å². The van der Waals surface area contributed by atoms with Gasteiger partial charge in [0.1, 0.15) is 6.07 Å². The molecule has 0 amide bonds. The Morgan fingerprint density at radius 1 is 1.65 bits per heavy atom. The van der Waals surface area contributed by atoms with Gasteiger partial charge in [0, 0.05) is 22.8 Å². The summed E-state index contributed by atoms with van der Waals surface area (Å²) in [5.41, 5.74) is 0.210.